The van der Waals surface area contributed by atoms with Gasteiger partial charge in [0.25, 0.3) is 11.8 Å². The molecule has 1 aliphatic rings. The van der Waals surface area contributed by atoms with E-state index in [0.717, 1.165) is 17.5 Å². The van der Waals surface area contributed by atoms with Crippen molar-refractivity contribution in [3.63, 3.8) is 0 Å². The van der Waals surface area contributed by atoms with Gasteiger partial charge >= 0.3 is 0 Å². The zero-order chi connectivity index (χ0) is 21.5. The van der Waals surface area contributed by atoms with Crippen molar-refractivity contribution in [1.29, 1.82) is 0 Å². The van der Waals surface area contributed by atoms with Crippen molar-refractivity contribution in [3.05, 3.63) is 48.0 Å². The van der Waals surface area contributed by atoms with Gasteiger partial charge in [0.1, 0.15) is 11.4 Å². The Morgan fingerprint density at radius 2 is 2.10 bits per heavy atom. The van der Waals surface area contributed by atoms with E-state index in [2.05, 4.69) is 20.7 Å². The van der Waals surface area contributed by atoms with Crippen LogP contribution in [0.15, 0.2) is 36.8 Å². The number of fused-ring (bicyclic) bond motifs is 1. The molecule has 4 N–H and O–H groups in total. The third kappa shape index (κ3) is 3.47. The highest BCUT2D eigenvalue weighted by Crippen LogP contribution is 2.37. The topological polar surface area (TPSA) is 114 Å². The molecule has 0 aliphatic heterocycles. The summed E-state index contributed by atoms with van der Waals surface area (Å²) in [6.07, 6.45) is 6.67. The Bertz CT molecular complexity index is 1120. The third-order valence-electron chi connectivity index (χ3n) is 5.66. The maximum absolute atomic E-state index is 14.9. The Morgan fingerprint density at radius 3 is 2.70 bits per heavy atom. The van der Waals surface area contributed by atoms with Crippen LogP contribution in [-0.4, -0.2) is 45.2 Å². The van der Waals surface area contributed by atoms with Crippen LogP contribution in [0.3, 0.4) is 0 Å². The number of pyridine rings is 1. The number of rotatable bonds is 5. The van der Waals surface area contributed by atoms with Crippen molar-refractivity contribution in [2.75, 3.05) is 12.4 Å². The van der Waals surface area contributed by atoms with Crippen molar-refractivity contribution in [3.8, 4) is 11.1 Å². The molecule has 156 valence electrons. The van der Waals surface area contributed by atoms with Crippen LogP contribution in [0.4, 0.5) is 10.1 Å². The molecule has 2 atom stereocenters. The van der Waals surface area contributed by atoms with E-state index < -0.39 is 17.6 Å². The lowest BCUT2D eigenvalue weighted by Crippen LogP contribution is -2.36. The number of hydrogen-bond donors (Lipinski definition) is 3. The Morgan fingerprint density at radius 1 is 1.30 bits per heavy atom. The number of nitrogens with one attached hydrogen (secondary N) is 2. The molecular formula is C21H23FN6O2. The van der Waals surface area contributed by atoms with E-state index in [0.29, 0.717) is 29.7 Å². The highest BCUT2D eigenvalue weighted by atomic mass is 19.1. The van der Waals surface area contributed by atoms with Crippen LogP contribution in [-0.2, 0) is 0 Å². The first-order chi connectivity index (χ1) is 14.3. The zero-order valence-corrected chi connectivity index (χ0v) is 16.8. The molecule has 9 heteroatoms. The lowest BCUT2D eigenvalue weighted by molar-refractivity contribution is 0.0956. The van der Waals surface area contributed by atoms with Gasteiger partial charge in [-0.05, 0) is 38.3 Å². The highest BCUT2D eigenvalue weighted by Gasteiger charge is 2.39. The first-order valence-corrected chi connectivity index (χ1v) is 9.75. The van der Waals surface area contributed by atoms with Gasteiger partial charge in [0, 0.05) is 30.6 Å². The SMILES string of the molecule is CNC(=O)c1ccc(-c2cc3c(NC4CCCC4(C)F)c(C(N)=O)cnn3c2)cn1. The molecule has 0 saturated heterocycles. The Balaban J connectivity index is 1.77. The normalized spacial score (nSPS) is 21.0. The van der Waals surface area contributed by atoms with E-state index in [1.54, 1.807) is 43.0 Å². The second-order valence-corrected chi connectivity index (χ2v) is 7.73. The number of halogens is 1. The largest absolute Gasteiger partial charge is 0.377 e. The maximum Gasteiger partial charge on any atom is 0.269 e. The molecule has 3 heterocycles. The van der Waals surface area contributed by atoms with Crippen LogP contribution < -0.4 is 16.4 Å². The molecule has 0 spiro atoms. The fourth-order valence-electron chi connectivity index (χ4n) is 3.90. The van der Waals surface area contributed by atoms with E-state index in [1.165, 1.54) is 6.20 Å². The molecule has 1 saturated carbocycles. The molecule has 3 aromatic heterocycles. The first kappa shape index (κ1) is 19.8. The van der Waals surface area contributed by atoms with Gasteiger partial charge in [0.15, 0.2) is 0 Å². The van der Waals surface area contributed by atoms with Gasteiger partial charge in [-0.1, -0.05) is 6.07 Å². The van der Waals surface area contributed by atoms with Gasteiger partial charge < -0.3 is 16.4 Å². The van der Waals surface area contributed by atoms with Crippen LogP contribution in [0.5, 0.6) is 0 Å². The summed E-state index contributed by atoms with van der Waals surface area (Å²) in [5, 5.41) is 10.0. The van der Waals surface area contributed by atoms with E-state index in [-0.39, 0.29) is 11.5 Å². The summed E-state index contributed by atoms with van der Waals surface area (Å²) < 4.78 is 16.5. The molecule has 1 fully saturated rings. The molecule has 1 aliphatic carbocycles. The quantitative estimate of drug-likeness (QED) is 0.598. The van der Waals surface area contributed by atoms with Crippen molar-refractivity contribution in [2.45, 2.75) is 37.9 Å². The lowest BCUT2D eigenvalue weighted by Gasteiger charge is -2.26. The summed E-state index contributed by atoms with van der Waals surface area (Å²) >= 11 is 0. The summed E-state index contributed by atoms with van der Waals surface area (Å²) in [6, 6.07) is 4.83. The average Bonchev–Trinajstić information content (AvgIpc) is 3.30. The van der Waals surface area contributed by atoms with Gasteiger partial charge in [0.05, 0.1) is 29.0 Å². The summed E-state index contributed by atoms with van der Waals surface area (Å²) in [6.45, 7) is 1.57. The van der Waals surface area contributed by atoms with Gasteiger partial charge in [-0.25, -0.2) is 8.91 Å². The molecule has 0 bridgehead atoms. The Kier molecular flexibility index (Phi) is 4.89. The standard InChI is InChI=1S/C21H23FN6O2/c1-21(22)7-3-4-17(21)27-18-14(19(23)29)10-26-28-11-13(8-16(18)28)12-5-6-15(25-9-12)20(30)24-2/h5-6,8-11,17,27H,3-4,7H2,1-2H3,(H2,23,29)(H,24,30). The lowest BCUT2D eigenvalue weighted by atomic mass is 10.0. The predicted octanol–water partition coefficient (Wildman–Crippen LogP) is 2.55. The number of carbonyl (C=O) groups is 2. The predicted molar refractivity (Wildman–Crippen MR) is 111 cm³/mol. The highest BCUT2D eigenvalue weighted by molar-refractivity contribution is 6.02. The minimum atomic E-state index is -1.37. The summed E-state index contributed by atoms with van der Waals surface area (Å²) in [4.78, 5) is 27.9. The van der Waals surface area contributed by atoms with Gasteiger partial charge in [-0.3, -0.25) is 14.6 Å². The van der Waals surface area contributed by atoms with E-state index >= 15 is 0 Å². The smallest absolute Gasteiger partial charge is 0.269 e. The second-order valence-electron chi connectivity index (χ2n) is 7.73. The molecule has 2 unspecified atom stereocenters. The van der Waals surface area contributed by atoms with Crippen LogP contribution in [0.25, 0.3) is 16.6 Å². The van der Waals surface area contributed by atoms with Crippen LogP contribution >= 0.6 is 0 Å². The van der Waals surface area contributed by atoms with Crippen LogP contribution in [0.2, 0.25) is 0 Å². The molecular weight excluding hydrogens is 387 g/mol. The molecule has 0 radical (unpaired) electrons. The number of alkyl halides is 1. The average molecular weight is 410 g/mol. The number of nitrogens with zero attached hydrogens (tertiary/aromatic N) is 3. The summed E-state index contributed by atoms with van der Waals surface area (Å²) in [5.74, 6) is -0.904. The Hall–Kier alpha value is -3.49. The number of nitrogens with two attached hydrogens (primary N) is 1. The van der Waals surface area contributed by atoms with E-state index in [1.807, 2.05) is 6.07 Å². The van der Waals surface area contributed by atoms with Crippen molar-refractivity contribution < 1.29 is 14.0 Å². The summed E-state index contributed by atoms with van der Waals surface area (Å²) in [7, 11) is 1.54. The van der Waals surface area contributed by atoms with Crippen molar-refractivity contribution >= 4 is 23.0 Å². The zero-order valence-electron chi connectivity index (χ0n) is 16.8. The monoisotopic (exact) mass is 410 g/mol. The van der Waals surface area contributed by atoms with E-state index in [4.69, 9.17) is 5.73 Å². The number of primary amides is 1. The first-order valence-electron chi connectivity index (χ1n) is 9.75. The molecule has 30 heavy (non-hydrogen) atoms. The molecule has 3 aromatic rings. The number of aromatic nitrogens is 3. The minimum Gasteiger partial charge on any atom is -0.377 e. The number of amides is 2. The van der Waals surface area contributed by atoms with Crippen molar-refractivity contribution in [1.82, 2.24) is 19.9 Å². The van der Waals surface area contributed by atoms with Gasteiger partial charge in [-0.15, -0.1) is 0 Å². The minimum absolute atomic E-state index is 0.211. The third-order valence-corrected chi connectivity index (χ3v) is 5.66. The number of hydrogen-bond acceptors (Lipinski definition) is 5. The second kappa shape index (κ2) is 7.40. The molecule has 8 nitrogen and oxygen atoms in total. The number of anilines is 1. The fourth-order valence-corrected chi connectivity index (χ4v) is 3.90. The summed E-state index contributed by atoms with van der Waals surface area (Å²) in [5.41, 5.74) is 7.35. The number of carbonyl (C=O) groups excluding carboxylic acids is 2. The Labute approximate surface area is 172 Å². The fraction of sp³-hybridized carbons (Fsp3) is 0.333. The molecule has 4 rings (SSSR count). The maximum atomic E-state index is 14.9. The van der Waals surface area contributed by atoms with Crippen LogP contribution in [0, 0.1) is 0 Å². The molecule has 0 aromatic carbocycles. The van der Waals surface area contributed by atoms with Gasteiger partial charge in [0.2, 0.25) is 0 Å². The van der Waals surface area contributed by atoms with Crippen LogP contribution in [0.1, 0.15) is 47.0 Å². The molecule has 2 amide bonds. The van der Waals surface area contributed by atoms with Gasteiger partial charge in [-0.2, -0.15) is 5.10 Å². The van der Waals surface area contributed by atoms with E-state index in [9.17, 15) is 14.0 Å². The van der Waals surface area contributed by atoms with Crippen molar-refractivity contribution in [2.24, 2.45) is 5.73 Å².